The second kappa shape index (κ2) is 8.13. The number of hydrogen-bond donors (Lipinski definition) is 1. The number of carbonyl (C=O) groups is 1. The fourth-order valence-electron chi connectivity index (χ4n) is 4.17. The van der Waals surface area contributed by atoms with Gasteiger partial charge < -0.3 is 15.0 Å². The van der Waals surface area contributed by atoms with Crippen molar-refractivity contribution in [2.45, 2.75) is 51.3 Å². The third-order valence-electron chi connectivity index (χ3n) is 5.72. The normalized spacial score (nSPS) is 16.5. The van der Waals surface area contributed by atoms with Crippen LogP contribution in [0.25, 0.3) is 11.3 Å². The molecule has 27 heavy (non-hydrogen) atoms. The summed E-state index contributed by atoms with van der Waals surface area (Å²) >= 11 is 0. The zero-order chi connectivity index (χ0) is 18.6. The molecular formula is C21H28N4O2. The molecule has 0 saturated heterocycles. The van der Waals surface area contributed by atoms with Crippen LogP contribution >= 0.6 is 0 Å². The molecule has 6 heteroatoms. The summed E-state index contributed by atoms with van der Waals surface area (Å²) < 4.78 is 7.55. The van der Waals surface area contributed by atoms with Crippen molar-refractivity contribution in [3.05, 3.63) is 36.0 Å². The Bertz CT molecular complexity index is 795. The van der Waals surface area contributed by atoms with E-state index in [2.05, 4.69) is 22.4 Å². The molecule has 1 aliphatic carbocycles. The van der Waals surface area contributed by atoms with Gasteiger partial charge in [-0.2, -0.15) is 5.10 Å². The molecule has 1 fully saturated rings. The number of aromatic nitrogens is 2. The van der Waals surface area contributed by atoms with Crippen LogP contribution in [0.1, 0.15) is 37.7 Å². The van der Waals surface area contributed by atoms with Crippen LogP contribution in [-0.4, -0.2) is 46.8 Å². The van der Waals surface area contributed by atoms with Gasteiger partial charge in [0, 0.05) is 30.3 Å². The van der Waals surface area contributed by atoms with E-state index < -0.39 is 0 Å². The molecule has 1 aliphatic heterocycles. The summed E-state index contributed by atoms with van der Waals surface area (Å²) in [5.74, 6) is 0.850. The molecule has 2 aromatic rings. The number of ether oxygens (including phenoxy) is 1. The Morgan fingerprint density at radius 1 is 1.30 bits per heavy atom. The van der Waals surface area contributed by atoms with Crippen molar-refractivity contribution in [2.24, 2.45) is 0 Å². The smallest absolute Gasteiger partial charge is 0.241 e. The monoisotopic (exact) mass is 368 g/mol. The van der Waals surface area contributed by atoms with Gasteiger partial charge in [0.1, 0.15) is 18.9 Å². The Morgan fingerprint density at radius 3 is 2.96 bits per heavy atom. The van der Waals surface area contributed by atoms with Gasteiger partial charge in [-0.15, -0.1) is 0 Å². The quantitative estimate of drug-likeness (QED) is 0.852. The van der Waals surface area contributed by atoms with E-state index in [1.54, 1.807) is 10.9 Å². The summed E-state index contributed by atoms with van der Waals surface area (Å²) in [6.07, 6.45) is 8.39. The second-order valence-corrected chi connectivity index (χ2v) is 7.58. The molecule has 1 aromatic heterocycles. The summed E-state index contributed by atoms with van der Waals surface area (Å²) in [5.41, 5.74) is 3.02. The van der Waals surface area contributed by atoms with Crippen LogP contribution in [0, 0.1) is 0 Å². The van der Waals surface area contributed by atoms with E-state index in [0.717, 1.165) is 29.1 Å². The molecule has 1 saturated carbocycles. The summed E-state index contributed by atoms with van der Waals surface area (Å²) in [6, 6.07) is 8.58. The lowest BCUT2D eigenvalue weighted by molar-refractivity contribution is -0.121. The maximum atomic E-state index is 12.4. The third kappa shape index (κ3) is 4.00. The Morgan fingerprint density at radius 2 is 2.11 bits per heavy atom. The van der Waals surface area contributed by atoms with Crippen LogP contribution in [-0.2, 0) is 17.9 Å². The minimum Gasteiger partial charge on any atom is -0.488 e. The highest BCUT2D eigenvalue weighted by atomic mass is 16.5. The number of amides is 1. The molecule has 0 unspecified atom stereocenters. The number of benzene rings is 1. The molecule has 2 aliphatic rings. The number of para-hydroxylation sites is 1. The average molecular weight is 368 g/mol. The summed E-state index contributed by atoms with van der Waals surface area (Å²) in [5, 5.41) is 7.47. The van der Waals surface area contributed by atoms with Crippen molar-refractivity contribution in [1.82, 2.24) is 20.0 Å². The van der Waals surface area contributed by atoms with Crippen LogP contribution in [0.4, 0.5) is 0 Å². The molecule has 0 atom stereocenters. The fourth-order valence-corrected chi connectivity index (χ4v) is 4.17. The minimum atomic E-state index is 0.00178. The fraction of sp³-hybridized carbons (Fsp3) is 0.524. The number of rotatable bonds is 6. The molecule has 1 aromatic carbocycles. The van der Waals surface area contributed by atoms with E-state index in [4.69, 9.17) is 4.74 Å². The molecule has 144 valence electrons. The van der Waals surface area contributed by atoms with E-state index in [9.17, 15) is 4.79 Å². The number of fused-ring (bicyclic) bond motifs is 3. The topological polar surface area (TPSA) is 59.4 Å². The zero-order valence-electron chi connectivity index (χ0n) is 16.0. The first-order valence-corrected chi connectivity index (χ1v) is 9.96. The lowest BCUT2D eigenvalue weighted by Crippen LogP contribution is -2.40. The lowest BCUT2D eigenvalue weighted by atomic mass is 9.94. The van der Waals surface area contributed by atoms with Crippen molar-refractivity contribution in [2.75, 3.05) is 20.1 Å². The van der Waals surface area contributed by atoms with Crippen molar-refractivity contribution in [1.29, 1.82) is 0 Å². The van der Waals surface area contributed by atoms with E-state index >= 15 is 0 Å². The lowest BCUT2D eigenvalue weighted by Gasteiger charge is -2.31. The van der Waals surface area contributed by atoms with Gasteiger partial charge in [-0.25, -0.2) is 0 Å². The first kappa shape index (κ1) is 18.0. The maximum absolute atomic E-state index is 12.4. The molecule has 0 bridgehead atoms. The van der Waals surface area contributed by atoms with Gasteiger partial charge in [0.25, 0.3) is 0 Å². The van der Waals surface area contributed by atoms with Crippen LogP contribution in [0.15, 0.2) is 30.5 Å². The molecule has 0 spiro atoms. The van der Waals surface area contributed by atoms with Crippen LogP contribution in [0.5, 0.6) is 5.75 Å². The van der Waals surface area contributed by atoms with Gasteiger partial charge in [-0.3, -0.25) is 9.48 Å². The molecule has 0 radical (unpaired) electrons. The van der Waals surface area contributed by atoms with Crippen LogP contribution < -0.4 is 10.1 Å². The largest absolute Gasteiger partial charge is 0.488 e. The molecule has 2 heterocycles. The van der Waals surface area contributed by atoms with Gasteiger partial charge in [0.15, 0.2) is 0 Å². The molecule has 1 N–H and O–H groups in total. The minimum absolute atomic E-state index is 0.00178. The highest BCUT2D eigenvalue weighted by Crippen LogP contribution is 2.36. The molecule has 6 nitrogen and oxygen atoms in total. The molecular weight excluding hydrogens is 340 g/mol. The Balaban J connectivity index is 1.33. The third-order valence-corrected chi connectivity index (χ3v) is 5.72. The first-order valence-electron chi connectivity index (χ1n) is 9.96. The average Bonchev–Trinajstić information content (AvgIpc) is 3.12. The van der Waals surface area contributed by atoms with Crippen molar-refractivity contribution in [3.8, 4) is 17.0 Å². The molecule has 4 rings (SSSR count). The summed E-state index contributed by atoms with van der Waals surface area (Å²) in [6.45, 7) is 2.30. The predicted molar refractivity (Wildman–Crippen MR) is 105 cm³/mol. The number of nitrogens with one attached hydrogen (secondary N) is 1. The van der Waals surface area contributed by atoms with Gasteiger partial charge in [-0.05, 0) is 32.0 Å². The van der Waals surface area contributed by atoms with E-state index in [1.165, 1.54) is 32.1 Å². The van der Waals surface area contributed by atoms with Gasteiger partial charge in [0.05, 0.1) is 11.9 Å². The van der Waals surface area contributed by atoms with E-state index in [0.29, 0.717) is 19.2 Å². The SMILES string of the molecule is CN(CCNC(=O)Cn1ncc2c1-c1ccccc1OC2)C1CCCCC1. The van der Waals surface area contributed by atoms with Crippen LogP contribution in [0.2, 0.25) is 0 Å². The number of hydrogen-bond acceptors (Lipinski definition) is 4. The first-order chi connectivity index (χ1) is 13.2. The highest BCUT2D eigenvalue weighted by molar-refractivity contribution is 5.78. The van der Waals surface area contributed by atoms with Gasteiger partial charge >= 0.3 is 0 Å². The Labute approximate surface area is 160 Å². The summed E-state index contributed by atoms with van der Waals surface area (Å²) in [7, 11) is 2.17. The predicted octanol–water partition coefficient (Wildman–Crippen LogP) is 2.82. The number of carbonyl (C=O) groups excluding carboxylic acids is 1. The van der Waals surface area contributed by atoms with E-state index in [1.807, 2.05) is 24.3 Å². The number of likely N-dealkylation sites (N-methyl/N-ethyl adjacent to an activating group) is 1. The Hall–Kier alpha value is -2.34. The van der Waals surface area contributed by atoms with Gasteiger partial charge in [0.2, 0.25) is 5.91 Å². The van der Waals surface area contributed by atoms with Crippen molar-refractivity contribution < 1.29 is 9.53 Å². The van der Waals surface area contributed by atoms with Gasteiger partial charge in [-0.1, -0.05) is 31.4 Å². The highest BCUT2D eigenvalue weighted by Gasteiger charge is 2.23. The van der Waals surface area contributed by atoms with Crippen LogP contribution in [0.3, 0.4) is 0 Å². The van der Waals surface area contributed by atoms with E-state index in [-0.39, 0.29) is 12.5 Å². The number of nitrogens with zero attached hydrogens (tertiary/aromatic N) is 3. The van der Waals surface area contributed by atoms with Crippen molar-refractivity contribution in [3.63, 3.8) is 0 Å². The zero-order valence-corrected chi connectivity index (χ0v) is 16.0. The summed E-state index contributed by atoms with van der Waals surface area (Å²) in [4.78, 5) is 14.8. The Kier molecular flexibility index (Phi) is 5.43. The second-order valence-electron chi connectivity index (χ2n) is 7.58. The molecule has 1 amide bonds. The maximum Gasteiger partial charge on any atom is 0.241 e. The van der Waals surface area contributed by atoms with Crippen molar-refractivity contribution >= 4 is 5.91 Å². The standard InChI is InChI=1S/C21H28N4O2/c1-24(17-7-3-2-4-8-17)12-11-22-20(26)14-25-21-16(13-23-25)15-27-19-10-6-5-9-18(19)21/h5-6,9-10,13,17H,2-4,7-8,11-12,14-15H2,1H3,(H,22,26).